The monoisotopic (exact) mass is 275 g/mol. The molecule has 0 bridgehead atoms. The summed E-state index contributed by atoms with van der Waals surface area (Å²) in [5.74, 6) is -0.857. The van der Waals surface area contributed by atoms with Crippen LogP contribution in [0.5, 0.6) is 0 Å². The topological polar surface area (TPSA) is 40.5 Å². The first-order valence-corrected chi connectivity index (χ1v) is 7.69. The molecule has 0 unspecified atom stereocenters. The summed E-state index contributed by atoms with van der Waals surface area (Å²) in [4.78, 5) is 13.3. The van der Waals surface area contributed by atoms with Gasteiger partial charge in [-0.1, -0.05) is 44.2 Å². The van der Waals surface area contributed by atoms with E-state index in [0.29, 0.717) is 11.6 Å². The third-order valence-corrected chi connectivity index (χ3v) is 4.33. The lowest BCUT2D eigenvalue weighted by Gasteiger charge is -2.29. The summed E-state index contributed by atoms with van der Waals surface area (Å²) >= 11 is 0. The van der Waals surface area contributed by atoms with E-state index >= 15 is 0 Å². The van der Waals surface area contributed by atoms with Crippen molar-refractivity contribution in [2.75, 3.05) is 7.05 Å². The van der Waals surface area contributed by atoms with Crippen LogP contribution >= 0.6 is 0 Å². The van der Waals surface area contributed by atoms with Crippen LogP contribution in [0.1, 0.15) is 60.9 Å². The highest BCUT2D eigenvalue weighted by Crippen LogP contribution is 2.22. The van der Waals surface area contributed by atoms with Crippen LogP contribution in [0.25, 0.3) is 0 Å². The number of rotatable bonds is 4. The van der Waals surface area contributed by atoms with Gasteiger partial charge < -0.3 is 5.11 Å². The molecule has 1 aliphatic carbocycles. The van der Waals surface area contributed by atoms with Crippen LogP contribution in [0, 0.1) is 0 Å². The van der Waals surface area contributed by atoms with E-state index in [0.717, 1.165) is 6.54 Å². The van der Waals surface area contributed by atoms with Crippen molar-refractivity contribution >= 4 is 5.97 Å². The number of nitrogens with zero attached hydrogens (tertiary/aromatic N) is 1. The van der Waals surface area contributed by atoms with Crippen LogP contribution in [-0.4, -0.2) is 29.1 Å². The largest absolute Gasteiger partial charge is 0.478 e. The summed E-state index contributed by atoms with van der Waals surface area (Å²) in [6, 6.07) is 7.94. The molecule has 0 spiro atoms. The third kappa shape index (κ3) is 4.34. The third-order valence-electron chi connectivity index (χ3n) is 4.33. The number of hydrogen-bond donors (Lipinski definition) is 1. The maximum atomic E-state index is 10.8. The molecule has 0 saturated heterocycles. The Bertz CT molecular complexity index is 419. The van der Waals surface area contributed by atoms with Crippen LogP contribution in [0.3, 0.4) is 0 Å². The summed E-state index contributed by atoms with van der Waals surface area (Å²) in [5.41, 5.74) is 1.56. The van der Waals surface area contributed by atoms with Gasteiger partial charge in [-0.3, -0.25) is 4.90 Å². The van der Waals surface area contributed by atoms with Crippen molar-refractivity contribution in [1.29, 1.82) is 0 Å². The highest BCUT2D eigenvalue weighted by molar-refractivity contribution is 5.87. The second-order valence-corrected chi connectivity index (χ2v) is 5.92. The van der Waals surface area contributed by atoms with Crippen molar-refractivity contribution in [2.45, 2.75) is 57.5 Å². The van der Waals surface area contributed by atoms with E-state index in [1.807, 2.05) is 12.1 Å². The lowest BCUT2D eigenvalue weighted by molar-refractivity contribution is 0.0697. The molecule has 110 valence electrons. The zero-order chi connectivity index (χ0) is 14.4. The maximum Gasteiger partial charge on any atom is 0.335 e. The van der Waals surface area contributed by atoms with E-state index < -0.39 is 5.97 Å². The molecular formula is C17H25NO2. The van der Waals surface area contributed by atoms with Crippen molar-refractivity contribution in [3.63, 3.8) is 0 Å². The molecule has 0 aromatic heterocycles. The van der Waals surface area contributed by atoms with Crippen molar-refractivity contribution < 1.29 is 9.90 Å². The smallest absolute Gasteiger partial charge is 0.335 e. The van der Waals surface area contributed by atoms with Crippen molar-refractivity contribution in [1.82, 2.24) is 4.90 Å². The zero-order valence-corrected chi connectivity index (χ0v) is 12.3. The van der Waals surface area contributed by atoms with Gasteiger partial charge in [0.15, 0.2) is 0 Å². The first-order valence-electron chi connectivity index (χ1n) is 7.69. The molecule has 1 aromatic carbocycles. The summed E-state index contributed by atoms with van der Waals surface area (Å²) in [6.07, 6.45) is 9.41. The molecule has 1 aliphatic rings. The van der Waals surface area contributed by atoms with E-state index in [9.17, 15) is 4.79 Å². The molecule has 3 nitrogen and oxygen atoms in total. The summed E-state index contributed by atoms with van der Waals surface area (Å²) in [5, 5.41) is 8.91. The fourth-order valence-electron chi connectivity index (χ4n) is 3.05. The number of carboxylic acid groups (broad SMARTS) is 1. The van der Waals surface area contributed by atoms with E-state index in [1.54, 1.807) is 12.1 Å². The molecule has 0 radical (unpaired) electrons. The van der Waals surface area contributed by atoms with E-state index in [2.05, 4.69) is 11.9 Å². The Morgan fingerprint density at radius 1 is 1.10 bits per heavy atom. The van der Waals surface area contributed by atoms with Gasteiger partial charge >= 0.3 is 5.97 Å². The molecule has 0 aliphatic heterocycles. The van der Waals surface area contributed by atoms with Crippen LogP contribution in [0.2, 0.25) is 0 Å². The second-order valence-electron chi connectivity index (χ2n) is 5.92. The summed E-state index contributed by atoms with van der Waals surface area (Å²) in [6.45, 7) is 0.907. The molecule has 20 heavy (non-hydrogen) atoms. The van der Waals surface area contributed by atoms with Crippen molar-refractivity contribution in [2.24, 2.45) is 0 Å². The summed E-state index contributed by atoms with van der Waals surface area (Å²) in [7, 11) is 2.19. The van der Waals surface area contributed by atoms with Crippen LogP contribution in [0.4, 0.5) is 0 Å². The molecule has 1 aromatic rings. The lowest BCUT2D eigenvalue weighted by Crippen LogP contribution is -2.31. The predicted molar refractivity (Wildman–Crippen MR) is 81.0 cm³/mol. The standard InChI is InChI=1S/C17H25NO2/c1-18(16-7-5-3-2-4-6-8-16)13-14-9-11-15(12-10-14)17(19)20/h9-12,16H,2-8,13H2,1H3,(H,19,20). The van der Waals surface area contributed by atoms with Crippen LogP contribution in [-0.2, 0) is 6.54 Å². The molecule has 1 N–H and O–H groups in total. The number of carbonyl (C=O) groups is 1. The maximum absolute atomic E-state index is 10.8. The van der Waals surface area contributed by atoms with Gasteiger partial charge in [-0.2, -0.15) is 0 Å². The minimum atomic E-state index is -0.857. The van der Waals surface area contributed by atoms with Crippen LogP contribution in [0.15, 0.2) is 24.3 Å². The average molecular weight is 275 g/mol. The quantitative estimate of drug-likeness (QED) is 0.905. The number of aromatic carboxylic acids is 1. The average Bonchev–Trinajstić information content (AvgIpc) is 2.38. The van der Waals surface area contributed by atoms with Gasteiger partial charge in [0.05, 0.1) is 5.56 Å². The Morgan fingerprint density at radius 3 is 2.20 bits per heavy atom. The van der Waals surface area contributed by atoms with E-state index in [1.165, 1.54) is 50.5 Å². The minimum absolute atomic E-state index is 0.363. The van der Waals surface area contributed by atoms with Gasteiger partial charge in [0.25, 0.3) is 0 Å². The molecule has 2 rings (SSSR count). The Balaban J connectivity index is 1.91. The van der Waals surface area contributed by atoms with Crippen molar-refractivity contribution in [3.05, 3.63) is 35.4 Å². The van der Waals surface area contributed by atoms with Gasteiger partial charge in [0, 0.05) is 12.6 Å². The highest BCUT2D eigenvalue weighted by Gasteiger charge is 2.16. The SMILES string of the molecule is CN(Cc1ccc(C(=O)O)cc1)C1CCCCCCC1. The van der Waals surface area contributed by atoms with Gasteiger partial charge in [-0.15, -0.1) is 0 Å². The Hall–Kier alpha value is -1.35. The van der Waals surface area contributed by atoms with E-state index in [4.69, 9.17) is 5.11 Å². The number of carboxylic acids is 1. The van der Waals surface area contributed by atoms with E-state index in [-0.39, 0.29) is 0 Å². The first kappa shape index (κ1) is 15.0. The molecule has 3 heteroatoms. The molecule has 1 fully saturated rings. The molecular weight excluding hydrogens is 250 g/mol. The summed E-state index contributed by atoms with van der Waals surface area (Å²) < 4.78 is 0. The lowest BCUT2D eigenvalue weighted by atomic mass is 9.95. The van der Waals surface area contributed by atoms with Gasteiger partial charge in [-0.25, -0.2) is 4.79 Å². The zero-order valence-electron chi connectivity index (χ0n) is 12.3. The highest BCUT2D eigenvalue weighted by atomic mass is 16.4. The molecule has 1 saturated carbocycles. The Kier molecular flexibility index (Phi) is 5.60. The number of benzene rings is 1. The second kappa shape index (κ2) is 7.44. The van der Waals surface area contributed by atoms with Gasteiger partial charge in [-0.05, 0) is 37.6 Å². The van der Waals surface area contributed by atoms with Gasteiger partial charge in [0.1, 0.15) is 0 Å². The van der Waals surface area contributed by atoms with Crippen LogP contribution < -0.4 is 0 Å². The van der Waals surface area contributed by atoms with Crippen molar-refractivity contribution in [3.8, 4) is 0 Å². The fourth-order valence-corrected chi connectivity index (χ4v) is 3.05. The minimum Gasteiger partial charge on any atom is -0.478 e. The van der Waals surface area contributed by atoms with Gasteiger partial charge in [0.2, 0.25) is 0 Å². The number of hydrogen-bond acceptors (Lipinski definition) is 2. The fraction of sp³-hybridized carbons (Fsp3) is 0.588. The molecule has 0 amide bonds. The molecule has 0 atom stereocenters. The predicted octanol–water partition coefficient (Wildman–Crippen LogP) is 3.93. The Labute approximate surface area is 121 Å². The normalized spacial score (nSPS) is 17.7. The Morgan fingerprint density at radius 2 is 1.65 bits per heavy atom. The first-order chi connectivity index (χ1) is 9.66. The molecule has 0 heterocycles.